The van der Waals surface area contributed by atoms with Crippen LogP contribution >= 0.6 is 27.5 Å². The third kappa shape index (κ3) is 4.95. The van der Waals surface area contributed by atoms with Gasteiger partial charge < -0.3 is 5.32 Å². The van der Waals surface area contributed by atoms with Gasteiger partial charge in [-0.05, 0) is 30.5 Å². The molecule has 0 amide bonds. The highest BCUT2D eigenvalue weighted by Crippen LogP contribution is 2.25. The molecule has 21 heavy (non-hydrogen) atoms. The number of halogens is 2. The molecule has 4 heteroatoms. The van der Waals surface area contributed by atoms with Crippen LogP contribution in [0.5, 0.6) is 0 Å². The summed E-state index contributed by atoms with van der Waals surface area (Å²) in [5, 5.41) is 4.58. The zero-order valence-corrected chi connectivity index (χ0v) is 15.4. The first-order valence-corrected chi connectivity index (χ1v) is 9.22. The fraction of sp³-hybridized carbons (Fsp3) is 0.647. The quantitative estimate of drug-likeness (QED) is 0.767. The monoisotopic (exact) mass is 372 g/mol. The van der Waals surface area contributed by atoms with E-state index < -0.39 is 0 Å². The number of hydrogen-bond donors (Lipinski definition) is 1. The van der Waals surface area contributed by atoms with Gasteiger partial charge >= 0.3 is 0 Å². The van der Waals surface area contributed by atoms with Crippen molar-refractivity contribution in [1.82, 2.24) is 10.2 Å². The number of benzene rings is 1. The maximum atomic E-state index is 6.40. The number of rotatable bonds is 6. The van der Waals surface area contributed by atoms with Crippen LogP contribution < -0.4 is 5.32 Å². The molecule has 1 aliphatic rings. The molecule has 1 aliphatic heterocycles. The van der Waals surface area contributed by atoms with E-state index in [0.29, 0.717) is 12.1 Å². The highest BCUT2D eigenvalue weighted by atomic mass is 79.9. The maximum Gasteiger partial charge on any atom is 0.0462 e. The molecule has 1 aromatic carbocycles. The second-order valence-corrected chi connectivity index (χ2v) is 7.32. The van der Waals surface area contributed by atoms with Gasteiger partial charge in [0.25, 0.3) is 0 Å². The molecule has 2 nitrogen and oxygen atoms in total. The summed E-state index contributed by atoms with van der Waals surface area (Å²) in [6.45, 7) is 7.72. The minimum Gasteiger partial charge on any atom is -0.311 e. The van der Waals surface area contributed by atoms with Gasteiger partial charge in [0.05, 0.1) is 0 Å². The second-order valence-electron chi connectivity index (χ2n) is 6.00. The molecule has 1 aromatic rings. The van der Waals surface area contributed by atoms with Crippen LogP contribution in [0.1, 0.15) is 45.1 Å². The van der Waals surface area contributed by atoms with E-state index >= 15 is 0 Å². The Labute approximate surface area is 142 Å². The van der Waals surface area contributed by atoms with Crippen molar-refractivity contribution in [3.05, 3.63) is 33.3 Å². The Morgan fingerprint density at radius 2 is 2.05 bits per heavy atom. The van der Waals surface area contributed by atoms with Crippen LogP contribution in [-0.2, 0) is 6.54 Å². The van der Waals surface area contributed by atoms with Gasteiger partial charge in [0.1, 0.15) is 0 Å². The van der Waals surface area contributed by atoms with E-state index in [2.05, 4.69) is 52.1 Å². The van der Waals surface area contributed by atoms with Gasteiger partial charge in [-0.15, -0.1) is 0 Å². The summed E-state index contributed by atoms with van der Waals surface area (Å²) in [4.78, 5) is 2.62. The average Bonchev–Trinajstić information content (AvgIpc) is 2.45. The SMILES string of the molecule is CCCC1CN(Cc2ccc(Br)cc2Cl)C(CCC)CN1. The van der Waals surface area contributed by atoms with Crippen LogP contribution in [0, 0.1) is 0 Å². The lowest BCUT2D eigenvalue weighted by molar-refractivity contribution is 0.112. The predicted molar refractivity (Wildman–Crippen MR) is 95.0 cm³/mol. The molecule has 1 N–H and O–H groups in total. The molecule has 0 saturated carbocycles. The molecular weight excluding hydrogens is 348 g/mol. The number of piperazine rings is 1. The highest BCUT2D eigenvalue weighted by Gasteiger charge is 2.27. The molecule has 118 valence electrons. The Kier molecular flexibility index (Phi) is 7.00. The van der Waals surface area contributed by atoms with Gasteiger partial charge in [-0.3, -0.25) is 4.90 Å². The summed E-state index contributed by atoms with van der Waals surface area (Å²) in [5.74, 6) is 0. The molecule has 2 atom stereocenters. The van der Waals surface area contributed by atoms with Crippen molar-refractivity contribution in [3.8, 4) is 0 Å². The average molecular weight is 374 g/mol. The van der Waals surface area contributed by atoms with Gasteiger partial charge in [-0.1, -0.05) is 60.3 Å². The fourth-order valence-electron chi connectivity index (χ4n) is 3.15. The first-order chi connectivity index (χ1) is 10.1. The summed E-state index contributed by atoms with van der Waals surface area (Å²) < 4.78 is 1.05. The molecule has 1 fully saturated rings. The van der Waals surface area contributed by atoms with Crippen molar-refractivity contribution in [3.63, 3.8) is 0 Å². The van der Waals surface area contributed by atoms with Gasteiger partial charge in [0.15, 0.2) is 0 Å². The first kappa shape index (κ1) is 17.3. The fourth-order valence-corrected chi connectivity index (χ4v) is 3.88. The summed E-state index contributed by atoms with van der Waals surface area (Å²) in [5.41, 5.74) is 1.23. The van der Waals surface area contributed by atoms with E-state index in [-0.39, 0.29) is 0 Å². The summed E-state index contributed by atoms with van der Waals surface area (Å²) in [6.07, 6.45) is 4.97. The third-order valence-electron chi connectivity index (χ3n) is 4.26. The largest absolute Gasteiger partial charge is 0.311 e. The molecule has 2 unspecified atom stereocenters. The minimum absolute atomic E-state index is 0.623. The van der Waals surface area contributed by atoms with Crippen molar-refractivity contribution in [2.45, 2.75) is 58.2 Å². The van der Waals surface area contributed by atoms with E-state index in [1.54, 1.807) is 0 Å². The van der Waals surface area contributed by atoms with Gasteiger partial charge in [0, 0.05) is 41.2 Å². The van der Waals surface area contributed by atoms with Crippen molar-refractivity contribution in [2.75, 3.05) is 13.1 Å². The van der Waals surface area contributed by atoms with Crippen molar-refractivity contribution >= 4 is 27.5 Å². The van der Waals surface area contributed by atoms with Crippen molar-refractivity contribution < 1.29 is 0 Å². The van der Waals surface area contributed by atoms with Crippen LogP contribution in [0.2, 0.25) is 5.02 Å². The molecule has 1 heterocycles. The molecular formula is C17H26BrClN2. The second kappa shape index (κ2) is 8.52. The molecule has 0 bridgehead atoms. The number of hydrogen-bond acceptors (Lipinski definition) is 2. The van der Waals surface area contributed by atoms with Crippen LogP contribution in [0.15, 0.2) is 22.7 Å². The van der Waals surface area contributed by atoms with E-state index in [0.717, 1.165) is 29.1 Å². The molecule has 1 saturated heterocycles. The molecule has 2 rings (SSSR count). The normalized spacial score (nSPS) is 23.4. The lowest BCUT2D eigenvalue weighted by atomic mass is 10.0. The Balaban J connectivity index is 2.07. The molecule has 0 aliphatic carbocycles. The summed E-state index contributed by atoms with van der Waals surface area (Å²) in [7, 11) is 0. The van der Waals surface area contributed by atoms with Crippen LogP contribution in [0.25, 0.3) is 0 Å². The Morgan fingerprint density at radius 3 is 2.71 bits per heavy atom. The molecule has 0 radical (unpaired) electrons. The topological polar surface area (TPSA) is 15.3 Å². The lowest BCUT2D eigenvalue weighted by Crippen LogP contribution is -2.55. The Morgan fingerprint density at radius 1 is 1.29 bits per heavy atom. The zero-order valence-electron chi connectivity index (χ0n) is 13.0. The lowest BCUT2D eigenvalue weighted by Gasteiger charge is -2.40. The van der Waals surface area contributed by atoms with E-state index in [4.69, 9.17) is 11.6 Å². The number of nitrogens with zero attached hydrogens (tertiary/aromatic N) is 1. The van der Waals surface area contributed by atoms with Crippen LogP contribution in [0.3, 0.4) is 0 Å². The van der Waals surface area contributed by atoms with E-state index in [1.807, 2.05) is 6.07 Å². The van der Waals surface area contributed by atoms with Crippen LogP contribution in [0.4, 0.5) is 0 Å². The molecule has 0 spiro atoms. The zero-order chi connectivity index (χ0) is 15.2. The summed E-state index contributed by atoms with van der Waals surface area (Å²) in [6, 6.07) is 7.48. The number of nitrogens with one attached hydrogen (secondary N) is 1. The van der Waals surface area contributed by atoms with Gasteiger partial charge in [-0.2, -0.15) is 0 Å². The summed E-state index contributed by atoms with van der Waals surface area (Å²) >= 11 is 9.88. The van der Waals surface area contributed by atoms with E-state index in [9.17, 15) is 0 Å². The maximum absolute atomic E-state index is 6.40. The highest BCUT2D eigenvalue weighted by molar-refractivity contribution is 9.10. The standard InChI is InChI=1S/C17H26BrClN2/c1-3-5-15-12-21(16(6-4-2)10-20-15)11-13-7-8-14(18)9-17(13)19/h7-9,15-16,20H,3-6,10-12H2,1-2H3. The van der Waals surface area contributed by atoms with Crippen molar-refractivity contribution in [1.29, 1.82) is 0 Å². The van der Waals surface area contributed by atoms with Gasteiger partial charge in [-0.25, -0.2) is 0 Å². The van der Waals surface area contributed by atoms with Crippen molar-refractivity contribution in [2.24, 2.45) is 0 Å². The first-order valence-electron chi connectivity index (χ1n) is 8.05. The van der Waals surface area contributed by atoms with Crippen LogP contribution in [-0.4, -0.2) is 30.1 Å². The van der Waals surface area contributed by atoms with E-state index in [1.165, 1.54) is 31.2 Å². The Bertz CT molecular complexity index is 452. The third-order valence-corrected chi connectivity index (χ3v) is 5.11. The Hall–Kier alpha value is -0.0900. The smallest absolute Gasteiger partial charge is 0.0462 e. The minimum atomic E-state index is 0.623. The predicted octanol–water partition coefficient (Wildman–Crippen LogP) is 4.85. The van der Waals surface area contributed by atoms with Gasteiger partial charge in [0.2, 0.25) is 0 Å². The molecule has 0 aromatic heterocycles.